The lowest BCUT2D eigenvalue weighted by molar-refractivity contribution is -0.109. The molecule has 0 saturated carbocycles. The van der Waals surface area contributed by atoms with Crippen LogP contribution >= 0.6 is 23.2 Å². The number of benzene rings is 1. The lowest BCUT2D eigenvalue weighted by atomic mass is 10.2. The maximum atomic E-state index is 13.0. The van der Waals surface area contributed by atoms with Crippen LogP contribution in [0.4, 0.5) is 8.78 Å². The first-order chi connectivity index (χ1) is 9.79. The van der Waals surface area contributed by atoms with Crippen molar-refractivity contribution in [1.29, 1.82) is 0 Å². The molecule has 0 spiro atoms. The zero-order valence-corrected chi connectivity index (χ0v) is 13.6. The smallest absolute Gasteiger partial charge is 0.301 e. The van der Waals surface area contributed by atoms with Crippen molar-refractivity contribution in [2.75, 3.05) is 7.05 Å². The Kier molecular flexibility index (Phi) is 8.29. The minimum Gasteiger partial charge on any atom is -0.453 e. The number of amides is 1. The van der Waals surface area contributed by atoms with Gasteiger partial charge in [-0.15, -0.1) is 0 Å². The van der Waals surface area contributed by atoms with Gasteiger partial charge in [0, 0.05) is 24.4 Å². The molecule has 0 aliphatic rings. The van der Waals surface area contributed by atoms with E-state index in [2.05, 4.69) is 5.32 Å². The van der Waals surface area contributed by atoms with Gasteiger partial charge in [-0.1, -0.05) is 37.0 Å². The van der Waals surface area contributed by atoms with E-state index in [0.717, 1.165) is 6.92 Å². The summed E-state index contributed by atoms with van der Waals surface area (Å²) < 4.78 is 30.9. The minimum absolute atomic E-state index is 0.230. The van der Waals surface area contributed by atoms with Crippen molar-refractivity contribution in [3.63, 3.8) is 0 Å². The third-order valence-electron chi connectivity index (χ3n) is 2.09. The van der Waals surface area contributed by atoms with Gasteiger partial charge in [-0.05, 0) is 18.2 Å². The molecule has 118 valence electrons. The summed E-state index contributed by atoms with van der Waals surface area (Å²) in [6, 6.07) is 4.22. The van der Waals surface area contributed by atoms with Gasteiger partial charge in [0.25, 0.3) is 0 Å². The summed E-state index contributed by atoms with van der Waals surface area (Å²) in [4.78, 5) is 9.06. The second-order valence-corrected chi connectivity index (χ2v) is 4.56. The number of rotatable bonds is 2. The highest BCUT2D eigenvalue weighted by Crippen LogP contribution is 2.36. The van der Waals surface area contributed by atoms with Gasteiger partial charge in [-0.3, -0.25) is 4.79 Å². The summed E-state index contributed by atoms with van der Waals surface area (Å²) in [6.07, 6.45) is 0.625. The number of halogens is 4. The molecule has 0 aliphatic heterocycles. The highest BCUT2D eigenvalue weighted by molar-refractivity contribution is 6.38. The number of hydrogen-bond donors (Lipinski definition) is 1. The zero-order chi connectivity index (χ0) is 16.6. The molecule has 2 rings (SSSR count). The van der Waals surface area contributed by atoms with Crippen molar-refractivity contribution < 1.29 is 18.0 Å². The lowest BCUT2D eigenvalue weighted by Gasteiger charge is -2.04. The first-order valence-corrected chi connectivity index (χ1v) is 6.93. The number of carbonyl (C=O) groups excluding carboxylic acids is 1. The van der Waals surface area contributed by atoms with Crippen LogP contribution in [0, 0.1) is 0 Å². The highest BCUT2D eigenvalue weighted by atomic mass is 35.5. The van der Waals surface area contributed by atoms with Crippen LogP contribution in [-0.4, -0.2) is 13.5 Å². The largest absolute Gasteiger partial charge is 0.453 e. The van der Waals surface area contributed by atoms with E-state index in [1.165, 1.54) is 18.2 Å². The Morgan fingerprint density at radius 1 is 1.24 bits per heavy atom. The summed E-state index contributed by atoms with van der Waals surface area (Å²) in [6.45, 7) is 4.76. The Balaban J connectivity index is 0.000000579. The number of carbonyl (C=O) groups is 1. The molecule has 1 N–H and O–H groups in total. The van der Waals surface area contributed by atoms with Crippen LogP contribution in [-0.2, 0) is 10.7 Å². The average Bonchev–Trinajstić information content (AvgIpc) is 2.85. The van der Waals surface area contributed by atoms with Gasteiger partial charge in [0.15, 0.2) is 11.3 Å². The number of fused-ring (bicyclic) bond motifs is 1. The fraction of sp³-hybridized carbons (Fsp3) is 0.357. The van der Waals surface area contributed by atoms with E-state index in [1.807, 2.05) is 13.8 Å². The number of furan rings is 1. The van der Waals surface area contributed by atoms with E-state index < -0.39 is 11.7 Å². The summed E-state index contributed by atoms with van der Waals surface area (Å²) in [5.74, 6) is -3.43. The monoisotopic (exact) mass is 339 g/mol. The predicted octanol–water partition coefficient (Wildman–Crippen LogP) is 5.24. The molecule has 0 radical (unpaired) electrons. The molecular formula is C14H17Cl2F2NO2. The maximum Gasteiger partial charge on any atom is 0.301 e. The average molecular weight is 340 g/mol. The molecule has 1 aromatic heterocycles. The fourth-order valence-corrected chi connectivity index (χ4v) is 1.84. The van der Waals surface area contributed by atoms with Gasteiger partial charge in [0.2, 0.25) is 6.41 Å². The molecule has 2 aromatic rings. The van der Waals surface area contributed by atoms with E-state index in [-0.39, 0.29) is 10.6 Å². The van der Waals surface area contributed by atoms with Crippen LogP contribution in [0.1, 0.15) is 26.5 Å². The van der Waals surface area contributed by atoms with Crippen molar-refractivity contribution in [3.8, 4) is 0 Å². The molecule has 0 unspecified atom stereocenters. The van der Waals surface area contributed by atoms with E-state index in [9.17, 15) is 8.78 Å². The van der Waals surface area contributed by atoms with E-state index in [4.69, 9.17) is 32.4 Å². The lowest BCUT2D eigenvalue weighted by Crippen LogP contribution is -2.04. The molecule has 1 aromatic carbocycles. The van der Waals surface area contributed by atoms with Crippen LogP contribution < -0.4 is 5.32 Å². The topological polar surface area (TPSA) is 42.2 Å². The SMILES string of the molecule is CC.CC(F)(F)c1cc2cc(Cl)cc(Cl)c2o1.CNC=O. The Labute approximate surface area is 132 Å². The van der Waals surface area contributed by atoms with Gasteiger partial charge in [0.05, 0.1) is 5.02 Å². The van der Waals surface area contributed by atoms with Crippen molar-refractivity contribution in [2.24, 2.45) is 0 Å². The number of nitrogens with one attached hydrogen (secondary N) is 1. The standard InChI is InChI=1S/C10H6Cl2F2O.C2H5NO.C2H6/c1-10(13,14)8-3-5-2-6(11)4-7(12)9(5)15-8;1-3-2-4;1-2/h2-4H,1H3;2H,1H3,(H,3,4);1-2H3. The van der Waals surface area contributed by atoms with Crippen LogP contribution in [0.2, 0.25) is 10.0 Å². The molecule has 0 aliphatic carbocycles. The molecule has 0 fully saturated rings. The van der Waals surface area contributed by atoms with Gasteiger partial charge < -0.3 is 9.73 Å². The molecule has 21 heavy (non-hydrogen) atoms. The first kappa shape index (κ1) is 19.7. The summed E-state index contributed by atoms with van der Waals surface area (Å²) in [5.41, 5.74) is 0.234. The normalized spacial score (nSPS) is 10.1. The quantitative estimate of drug-likeness (QED) is 0.760. The summed E-state index contributed by atoms with van der Waals surface area (Å²) in [7, 11) is 1.56. The fourth-order valence-electron chi connectivity index (χ4n) is 1.29. The van der Waals surface area contributed by atoms with Gasteiger partial charge in [-0.2, -0.15) is 8.78 Å². The molecule has 3 nitrogen and oxygen atoms in total. The molecule has 0 bridgehead atoms. The third kappa shape index (κ3) is 5.89. The van der Waals surface area contributed by atoms with Crippen LogP contribution in [0.25, 0.3) is 11.0 Å². The van der Waals surface area contributed by atoms with Crippen LogP contribution in [0.15, 0.2) is 22.6 Å². The highest BCUT2D eigenvalue weighted by Gasteiger charge is 2.29. The number of hydrogen-bond acceptors (Lipinski definition) is 2. The van der Waals surface area contributed by atoms with Crippen molar-refractivity contribution in [2.45, 2.75) is 26.7 Å². The van der Waals surface area contributed by atoms with Gasteiger partial charge in [-0.25, -0.2) is 0 Å². The van der Waals surface area contributed by atoms with E-state index >= 15 is 0 Å². The second-order valence-electron chi connectivity index (χ2n) is 3.71. The molecule has 1 amide bonds. The third-order valence-corrected chi connectivity index (χ3v) is 2.59. The Morgan fingerprint density at radius 2 is 1.76 bits per heavy atom. The Hall–Kier alpha value is -1.33. The predicted molar refractivity (Wildman–Crippen MR) is 82.3 cm³/mol. The molecule has 7 heteroatoms. The summed E-state index contributed by atoms with van der Waals surface area (Å²) >= 11 is 11.5. The van der Waals surface area contributed by atoms with E-state index in [0.29, 0.717) is 16.8 Å². The first-order valence-electron chi connectivity index (χ1n) is 6.17. The summed E-state index contributed by atoms with van der Waals surface area (Å²) in [5, 5.41) is 3.34. The molecular weight excluding hydrogens is 323 g/mol. The second kappa shape index (κ2) is 8.85. The van der Waals surface area contributed by atoms with Crippen molar-refractivity contribution >= 4 is 40.6 Å². The van der Waals surface area contributed by atoms with Crippen molar-refractivity contribution in [3.05, 3.63) is 34.0 Å². The van der Waals surface area contributed by atoms with Crippen LogP contribution in [0.3, 0.4) is 0 Å². The minimum atomic E-state index is -3.02. The van der Waals surface area contributed by atoms with Crippen LogP contribution in [0.5, 0.6) is 0 Å². The molecule has 0 atom stereocenters. The van der Waals surface area contributed by atoms with Gasteiger partial charge >= 0.3 is 5.92 Å². The number of alkyl halides is 2. The van der Waals surface area contributed by atoms with Gasteiger partial charge in [0.1, 0.15) is 0 Å². The van der Waals surface area contributed by atoms with E-state index in [1.54, 1.807) is 7.05 Å². The maximum absolute atomic E-state index is 13.0. The van der Waals surface area contributed by atoms with Crippen molar-refractivity contribution in [1.82, 2.24) is 5.32 Å². The molecule has 1 heterocycles. The Bertz CT molecular complexity index is 580. The Morgan fingerprint density at radius 3 is 2.19 bits per heavy atom. The molecule has 0 saturated heterocycles. The zero-order valence-electron chi connectivity index (χ0n) is 12.1.